The summed E-state index contributed by atoms with van der Waals surface area (Å²) in [5, 5.41) is 9.71. The van der Waals surface area contributed by atoms with Crippen LogP contribution in [0.1, 0.15) is 26.7 Å². The van der Waals surface area contributed by atoms with E-state index in [1.807, 2.05) is 13.8 Å². The van der Waals surface area contributed by atoms with Crippen LogP contribution in [0.15, 0.2) is 12.4 Å². The predicted molar refractivity (Wildman–Crippen MR) is 75.3 cm³/mol. The van der Waals surface area contributed by atoms with Crippen molar-refractivity contribution in [3.05, 3.63) is 12.4 Å². The molecule has 0 aliphatic carbocycles. The molecule has 7 heteroatoms. The van der Waals surface area contributed by atoms with Gasteiger partial charge in [0.05, 0.1) is 11.9 Å². The molecule has 1 aliphatic heterocycles. The van der Waals surface area contributed by atoms with Gasteiger partial charge in [-0.05, 0) is 13.3 Å². The van der Waals surface area contributed by atoms with E-state index in [1.54, 1.807) is 22.0 Å². The molecule has 0 saturated carbocycles. The van der Waals surface area contributed by atoms with Crippen molar-refractivity contribution in [1.82, 2.24) is 20.0 Å². The summed E-state index contributed by atoms with van der Waals surface area (Å²) in [5.74, 6) is 0.138. The van der Waals surface area contributed by atoms with E-state index in [4.69, 9.17) is 0 Å². The average Bonchev–Trinajstić information content (AvgIpc) is 3.07. The molecule has 3 amide bonds. The lowest BCUT2D eigenvalue weighted by Gasteiger charge is -2.16. The van der Waals surface area contributed by atoms with Gasteiger partial charge in [0.1, 0.15) is 0 Å². The van der Waals surface area contributed by atoms with Crippen LogP contribution in [0.25, 0.3) is 0 Å². The molecular formula is C13H21N5O2. The molecule has 1 unspecified atom stereocenters. The highest BCUT2D eigenvalue weighted by atomic mass is 16.2. The Hall–Kier alpha value is -2.05. The first kappa shape index (κ1) is 14.4. The number of amides is 3. The molecule has 20 heavy (non-hydrogen) atoms. The van der Waals surface area contributed by atoms with Crippen LogP contribution in [0.5, 0.6) is 0 Å². The Labute approximate surface area is 118 Å². The lowest BCUT2D eigenvalue weighted by molar-refractivity contribution is -0.129. The van der Waals surface area contributed by atoms with E-state index in [1.165, 1.54) is 0 Å². The predicted octanol–water partition coefficient (Wildman–Crippen LogP) is 1.04. The number of nitrogens with one attached hydrogen (secondary N) is 2. The standard InChI is InChI=1S/C13H21N5O2/c1-3-12(19)17-6-5-10(8-17)15-13(20)16-11-7-14-18(4-2)9-11/h7,9-10H,3-6,8H2,1-2H3,(H2,15,16,20). The fourth-order valence-corrected chi connectivity index (χ4v) is 2.28. The summed E-state index contributed by atoms with van der Waals surface area (Å²) in [6, 6.07) is -0.233. The highest BCUT2D eigenvalue weighted by Gasteiger charge is 2.26. The molecule has 2 N–H and O–H groups in total. The van der Waals surface area contributed by atoms with E-state index >= 15 is 0 Å². The minimum Gasteiger partial charge on any atom is -0.341 e. The van der Waals surface area contributed by atoms with Crippen LogP contribution in [0.2, 0.25) is 0 Å². The Balaban J connectivity index is 1.79. The van der Waals surface area contributed by atoms with E-state index in [2.05, 4.69) is 15.7 Å². The Kier molecular flexibility index (Phi) is 4.60. The molecule has 1 aliphatic rings. The number of hydrogen-bond acceptors (Lipinski definition) is 3. The zero-order chi connectivity index (χ0) is 14.5. The molecule has 7 nitrogen and oxygen atoms in total. The van der Waals surface area contributed by atoms with E-state index in [9.17, 15) is 9.59 Å². The fraction of sp³-hybridized carbons (Fsp3) is 0.615. The summed E-state index contributed by atoms with van der Waals surface area (Å²) in [6.45, 7) is 5.90. The van der Waals surface area contributed by atoms with Crippen LogP contribution >= 0.6 is 0 Å². The second-order valence-corrected chi connectivity index (χ2v) is 4.86. The number of rotatable bonds is 4. The Morgan fingerprint density at radius 3 is 2.90 bits per heavy atom. The second-order valence-electron chi connectivity index (χ2n) is 4.86. The van der Waals surface area contributed by atoms with Gasteiger partial charge in [-0.25, -0.2) is 4.79 Å². The number of carbonyl (C=O) groups is 2. The van der Waals surface area contributed by atoms with Gasteiger partial charge in [0.15, 0.2) is 0 Å². The molecule has 1 saturated heterocycles. The molecule has 2 rings (SSSR count). The third kappa shape index (κ3) is 3.49. The summed E-state index contributed by atoms with van der Waals surface area (Å²) < 4.78 is 1.74. The fourth-order valence-electron chi connectivity index (χ4n) is 2.28. The largest absolute Gasteiger partial charge is 0.341 e. The van der Waals surface area contributed by atoms with Crippen LogP contribution in [0.4, 0.5) is 10.5 Å². The van der Waals surface area contributed by atoms with Gasteiger partial charge in [-0.3, -0.25) is 9.48 Å². The van der Waals surface area contributed by atoms with E-state index in [0.717, 1.165) is 13.0 Å². The Morgan fingerprint density at radius 1 is 1.45 bits per heavy atom. The molecule has 1 atom stereocenters. The van der Waals surface area contributed by atoms with Crippen LogP contribution in [0, 0.1) is 0 Å². The summed E-state index contributed by atoms with van der Waals surface area (Å²) in [6.07, 6.45) is 4.70. The van der Waals surface area contributed by atoms with Gasteiger partial charge in [-0.1, -0.05) is 6.92 Å². The molecule has 1 fully saturated rings. The van der Waals surface area contributed by atoms with Gasteiger partial charge in [-0.15, -0.1) is 0 Å². The molecule has 0 bridgehead atoms. The maximum absolute atomic E-state index is 11.8. The van der Waals surface area contributed by atoms with Crippen LogP contribution in [-0.2, 0) is 11.3 Å². The van der Waals surface area contributed by atoms with Crippen LogP contribution < -0.4 is 10.6 Å². The zero-order valence-electron chi connectivity index (χ0n) is 11.9. The van der Waals surface area contributed by atoms with Crippen LogP contribution in [-0.4, -0.2) is 45.8 Å². The molecule has 1 aromatic rings. The van der Waals surface area contributed by atoms with Crippen molar-refractivity contribution < 1.29 is 9.59 Å². The quantitative estimate of drug-likeness (QED) is 0.864. The number of urea groups is 1. The highest BCUT2D eigenvalue weighted by molar-refractivity contribution is 5.89. The average molecular weight is 279 g/mol. The summed E-state index contributed by atoms with van der Waals surface area (Å²) in [4.78, 5) is 25.2. The van der Waals surface area contributed by atoms with Gasteiger partial charge in [0.2, 0.25) is 5.91 Å². The molecule has 110 valence electrons. The number of nitrogens with zero attached hydrogens (tertiary/aromatic N) is 3. The summed E-state index contributed by atoms with van der Waals surface area (Å²) in [7, 11) is 0. The van der Waals surface area contributed by atoms with Crippen molar-refractivity contribution in [1.29, 1.82) is 0 Å². The lowest BCUT2D eigenvalue weighted by atomic mass is 10.3. The molecule has 0 spiro atoms. The molecular weight excluding hydrogens is 258 g/mol. The zero-order valence-corrected chi connectivity index (χ0v) is 11.9. The third-order valence-electron chi connectivity index (χ3n) is 3.39. The SMILES string of the molecule is CCC(=O)N1CCC(NC(=O)Nc2cnn(CC)c2)C1. The van der Waals surface area contributed by atoms with Gasteiger partial charge in [-0.2, -0.15) is 5.10 Å². The third-order valence-corrected chi connectivity index (χ3v) is 3.39. The first-order chi connectivity index (χ1) is 9.62. The second kappa shape index (κ2) is 6.40. The van der Waals surface area contributed by atoms with Crippen molar-refractivity contribution in [2.45, 2.75) is 39.3 Å². The van der Waals surface area contributed by atoms with E-state index in [0.29, 0.717) is 25.2 Å². The first-order valence-corrected chi connectivity index (χ1v) is 7.00. The number of aryl methyl sites for hydroxylation is 1. The number of carbonyl (C=O) groups excluding carboxylic acids is 2. The number of hydrogen-bond donors (Lipinski definition) is 2. The van der Waals surface area contributed by atoms with Gasteiger partial charge < -0.3 is 15.5 Å². The van der Waals surface area contributed by atoms with Crippen LogP contribution in [0.3, 0.4) is 0 Å². The highest BCUT2D eigenvalue weighted by Crippen LogP contribution is 2.11. The lowest BCUT2D eigenvalue weighted by Crippen LogP contribution is -2.40. The van der Waals surface area contributed by atoms with Crippen molar-refractivity contribution >= 4 is 17.6 Å². The molecule has 2 heterocycles. The summed E-state index contributed by atoms with van der Waals surface area (Å²) in [5.41, 5.74) is 0.670. The Morgan fingerprint density at radius 2 is 2.25 bits per heavy atom. The van der Waals surface area contributed by atoms with Gasteiger partial charge >= 0.3 is 6.03 Å². The minimum absolute atomic E-state index is 0.0201. The molecule has 1 aromatic heterocycles. The topological polar surface area (TPSA) is 79.3 Å². The van der Waals surface area contributed by atoms with Crippen molar-refractivity contribution in [3.63, 3.8) is 0 Å². The smallest absolute Gasteiger partial charge is 0.319 e. The van der Waals surface area contributed by atoms with E-state index in [-0.39, 0.29) is 18.0 Å². The van der Waals surface area contributed by atoms with Gasteiger partial charge in [0, 0.05) is 38.3 Å². The van der Waals surface area contributed by atoms with Gasteiger partial charge in [0.25, 0.3) is 0 Å². The first-order valence-electron chi connectivity index (χ1n) is 7.00. The maximum Gasteiger partial charge on any atom is 0.319 e. The number of likely N-dealkylation sites (tertiary alicyclic amines) is 1. The minimum atomic E-state index is -0.253. The molecule has 0 radical (unpaired) electrons. The normalized spacial score (nSPS) is 18.1. The summed E-state index contributed by atoms with van der Waals surface area (Å²) >= 11 is 0. The maximum atomic E-state index is 11.8. The Bertz CT molecular complexity index is 485. The van der Waals surface area contributed by atoms with Crippen molar-refractivity contribution in [2.24, 2.45) is 0 Å². The van der Waals surface area contributed by atoms with E-state index < -0.39 is 0 Å². The number of anilines is 1. The number of aromatic nitrogens is 2. The molecule has 0 aromatic carbocycles. The van der Waals surface area contributed by atoms with Crippen molar-refractivity contribution in [2.75, 3.05) is 18.4 Å². The monoisotopic (exact) mass is 279 g/mol. The van der Waals surface area contributed by atoms with Crippen molar-refractivity contribution in [3.8, 4) is 0 Å².